The Balaban J connectivity index is 1.43. The summed E-state index contributed by atoms with van der Waals surface area (Å²) in [6.45, 7) is 2.19. The molecule has 4 rings (SSSR count). The second kappa shape index (κ2) is 7.84. The third-order valence-electron chi connectivity index (χ3n) is 4.57. The molecule has 3 aromatic rings. The molecule has 1 aliphatic heterocycles. The minimum atomic E-state index is -0.336. The number of rotatable bonds is 4. The third kappa shape index (κ3) is 4.33. The van der Waals surface area contributed by atoms with Crippen LogP contribution in [0.1, 0.15) is 34.8 Å². The van der Waals surface area contributed by atoms with Crippen LogP contribution in [0.5, 0.6) is 0 Å². The summed E-state index contributed by atoms with van der Waals surface area (Å²) in [5.74, 6) is -0.794. The molecule has 148 valence electrons. The quantitative estimate of drug-likeness (QED) is 0.709. The van der Waals surface area contributed by atoms with Gasteiger partial charge in [0, 0.05) is 18.3 Å². The van der Waals surface area contributed by atoms with E-state index in [0.29, 0.717) is 24.5 Å². The van der Waals surface area contributed by atoms with Crippen molar-refractivity contribution in [2.75, 3.05) is 10.6 Å². The highest BCUT2D eigenvalue weighted by Gasteiger charge is 2.24. The monoisotopic (exact) mass is 394 g/mol. The number of nitrogens with zero attached hydrogens (tertiary/aromatic N) is 2. The first-order chi connectivity index (χ1) is 14.0. The highest BCUT2D eigenvalue weighted by molar-refractivity contribution is 6.03. The van der Waals surface area contributed by atoms with Crippen LogP contribution in [0.3, 0.4) is 0 Å². The first-order valence-electron chi connectivity index (χ1n) is 9.11. The van der Waals surface area contributed by atoms with Crippen molar-refractivity contribution in [1.82, 2.24) is 9.78 Å². The number of aromatic nitrogens is 2. The summed E-state index contributed by atoms with van der Waals surface area (Å²) in [6, 6.07) is 14.7. The molecule has 1 aliphatic rings. The Morgan fingerprint density at radius 3 is 2.38 bits per heavy atom. The number of hydrogen-bond donors (Lipinski definition) is 2. The van der Waals surface area contributed by atoms with Crippen molar-refractivity contribution in [3.63, 3.8) is 0 Å². The van der Waals surface area contributed by atoms with Gasteiger partial charge in [-0.15, -0.1) is 0 Å². The predicted molar refractivity (Wildman–Crippen MR) is 105 cm³/mol. The molecule has 0 spiro atoms. The third-order valence-corrected chi connectivity index (χ3v) is 4.57. The normalized spacial score (nSPS) is 15.4. The van der Waals surface area contributed by atoms with E-state index < -0.39 is 0 Å². The highest BCUT2D eigenvalue weighted by Crippen LogP contribution is 2.27. The molecule has 2 heterocycles. The van der Waals surface area contributed by atoms with Crippen LogP contribution < -0.4 is 10.6 Å². The van der Waals surface area contributed by atoms with Crippen LogP contribution >= 0.6 is 0 Å². The maximum atomic E-state index is 13.1. The largest absolute Gasteiger partial charge is 0.365 e. The van der Waals surface area contributed by atoms with Crippen molar-refractivity contribution in [2.45, 2.75) is 26.2 Å². The van der Waals surface area contributed by atoms with Crippen molar-refractivity contribution in [3.8, 4) is 0 Å². The van der Waals surface area contributed by atoms with Crippen molar-refractivity contribution < 1.29 is 18.7 Å². The van der Waals surface area contributed by atoms with Gasteiger partial charge >= 0.3 is 0 Å². The molecule has 0 bridgehead atoms. The SMILES string of the molecule is CC(=O)Nc1ccc(NC(=O)c2cc3n(n2)C[C@@H](c2ccc(F)cc2)OC3)cc1. The zero-order valence-electron chi connectivity index (χ0n) is 15.7. The van der Waals surface area contributed by atoms with Gasteiger partial charge in [0.25, 0.3) is 5.91 Å². The van der Waals surface area contributed by atoms with Crippen LogP contribution in [0.2, 0.25) is 0 Å². The molecular weight excluding hydrogens is 375 g/mol. The van der Waals surface area contributed by atoms with Crippen molar-refractivity contribution in [2.24, 2.45) is 0 Å². The second-order valence-electron chi connectivity index (χ2n) is 6.77. The molecule has 8 heteroatoms. The van der Waals surface area contributed by atoms with E-state index in [1.165, 1.54) is 19.1 Å². The van der Waals surface area contributed by atoms with Gasteiger partial charge in [0.2, 0.25) is 5.91 Å². The summed E-state index contributed by atoms with van der Waals surface area (Å²) in [5, 5.41) is 9.85. The molecule has 0 unspecified atom stereocenters. The van der Waals surface area contributed by atoms with Crippen LogP contribution in [0, 0.1) is 5.82 Å². The average Bonchev–Trinajstić information content (AvgIpc) is 3.13. The first kappa shape index (κ1) is 18.8. The molecule has 1 aromatic heterocycles. The summed E-state index contributed by atoms with van der Waals surface area (Å²) in [5.41, 5.74) is 3.19. The highest BCUT2D eigenvalue weighted by atomic mass is 19.1. The van der Waals surface area contributed by atoms with Crippen LogP contribution in [0.15, 0.2) is 54.6 Å². The minimum absolute atomic E-state index is 0.161. The Kier molecular flexibility index (Phi) is 5.09. The van der Waals surface area contributed by atoms with Crippen molar-refractivity contribution in [3.05, 3.63) is 77.4 Å². The summed E-state index contributed by atoms with van der Waals surface area (Å²) < 4.78 is 20.7. The van der Waals surface area contributed by atoms with Gasteiger partial charge in [-0.2, -0.15) is 5.10 Å². The number of benzene rings is 2. The maximum Gasteiger partial charge on any atom is 0.276 e. The zero-order chi connectivity index (χ0) is 20.4. The van der Waals surface area contributed by atoms with E-state index >= 15 is 0 Å². The lowest BCUT2D eigenvalue weighted by Crippen LogP contribution is -2.22. The number of nitrogens with one attached hydrogen (secondary N) is 2. The molecule has 0 fully saturated rings. The standard InChI is InChI=1S/C21H19FN4O3/c1-13(27)23-16-6-8-17(9-7-16)24-21(28)19-10-18-12-29-20(11-26(18)25-19)14-2-4-15(22)5-3-14/h2-10,20H,11-12H2,1H3,(H,23,27)(H,24,28)/t20-/m0/s1. The van der Waals surface area contributed by atoms with Gasteiger partial charge in [0.15, 0.2) is 5.69 Å². The Morgan fingerprint density at radius 1 is 1.07 bits per heavy atom. The number of carbonyl (C=O) groups excluding carboxylic acids is 2. The van der Waals surface area contributed by atoms with E-state index in [4.69, 9.17) is 4.74 Å². The molecule has 1 atom stereocenters. The first-order valence-corrected chi connectivity index (χ1v) is 9.11. The topological polar surface area (TPSA) is 85.3 Å². The van der Waals surface area contributed by atoms with Crippen molar-refractivity contribution in [1.29, 1.82) is 0 Å². The molecule has 0 saturated heterocycles. The van der Waals surface area contributed by atoms with E-state index in [0.717, 1.165) is 11.3 Å². The van der Waals surface area contributed by atoms with Gasteiger partial charge in [0.1, 0.15) is 11.9 Å². The van der Waals surface area contributed by atoms with Crippen LogP contribution in [0.4, 0.5) is 15.8 Å². The van der Waals surface area contributed by atoms with E-state index in [-0.39, 0.29) is 29.4 Å². The fraction of sp³-hybridized carbons (Fsp3) is 0.190. The van der Waals surface area contributed by atoms with Gasteiger partial charge in [-0.25, -0.2) is 4.39 Å². The number of hydrogen-bond acceptors (Lipinski definition) is 4. The van der Waals surface area contributed by atoms with Crippen LogP contribution in [-0.2, 0) is 22.7 Å². The molecular formula is C21H19FN4O3. The summed E-state index contributed by atoms with van der Waals surface area (Å²) >= 11 is 0. The molecule has 7 nitrogen and oxygen atoms in total. The number of carbonyl (C=O) groups is 2. The molecule has 0 saturated carbocycles. The summed E-state index contributed by atoms with van der Waals surface area (Å²) in [4.78, 5) is 23.6. The van der Waals surface area contributed by atoms with E-state index in [2.05, 4.69) is 15.7 Å². The van der Waals surface area contributed by atoms with Crippen LogP contribution in [-0.4, -0.2) is 21.6 Å². The molecule has 0 aliphatic carbocycles. The molecule has 29 heavy (non-hydrogen) atoms. The van der Waals surface area contributed by atoms with E-state index in [1.807, 2.05) is 0 Å². The molecule has 0 radical (unpaired) electrons. The fourth-order valence-corrected chi connectivity index (χ4v) is 3.15. The number of fused-ring (bicyclic) bond motifs is 1. The maximum absolute atomic E-state index is 13.1. The van der Waals surface area contributed by atoms with Gasteiger partial charge in [-0.05, 0) is 48.0 Å². The zero-order valence-corrected chi connectivity index (χ0v) is 15.7. The van der Waals surface area contributed by atoms with E-state index in [9.17, 15) is 14.0 Å². The average molecular weight is 394 g/mol. The Morgan fingerprint density at radius 2 is 1.72 bits per heavy atom. The molecule has 2 N–H and O–H groups in total. The predicted octanol–water partition coefficient (Wildman–Crippen LogP) is 3.50. The fourth-order valence-electron chi connectivity index (χ4n) is 3.15. The van der Waals surface area contributed by atoms with Gasteiger partial charge in [0.05, 0.1) is 18.8 Å². The van der Waals surface area contributed by atoms with Crippen molar-refractivity contribution >= 4 is 23.2 Å². The Labute approximate surface area is 166 Å². The number of anilines is 2. The summed E-state index contributed by atoms with van der Waals surface area (Å²) in [6.07, 6.45) is -0.250. The van der Waals surface area contributed by atoms with Gasteiger partial charge in [-0.3, -0.25) is 14.3 Å². The second-order valence-corrected chi connectivity index (χ2v) is 6.77. The van der Waals surface area contributed by atoms with E-state index in [1.54, 1.807) is 47.1 Å². The Bertz CT molecular complexity index is 1040. The lowest BCUT2D eigenvalue weighted by Gasteiger charge is -2.24. The number of amides is 2. The van der Waals surface area contributed by atoms with Crippen LogP contribution in [0.25, 0.3) is 0 Å². The smallest absolute Gasteiger partial charge is 0.276 e. The number of halogens is 1. The Hall–Kier alpha value is -3.52. The van der Waals surface area contributed by atoms with Gasteiger partial charge < -0.3 is 15.4 Å². The minimum Gasteiger partial charge on any atom is -0.365 e. The number of ether oxygens (including phenoxy) is 1. The molecule has 2 amide bonds. The summed E-state index contributed by atoms with van der Waals surface area (Å²) in [7, 11) is 0. The molecule has 2 aromatic carbocycles. The lowest BCUT2D eigenvalue weighted by molar-refractivity contribution is -0.114. The lowest BCUT2D eigenvalue weighted by atomic mass is 10.1. The van der Waals surface area contributed by atoms with Gasteiger partial charge in [-0.1, -0.05) is 12.1 Å².